The zero-order chi connectivity index (χ0) is 26.1. The summed E-state index contributed by atoms with van der Waals surface area (Å²) in [6, 6.07) is 14.4. The maximum Gasteiger partial charge on any atom is 0.300 e. The number of ketones is 1. The van der Waals surface area contributed by atoms with E-state index in [1.54, 1.807) is 36.4 Å². The topological polar surface area (TPSA) is 96.3 Å². The first kappa shape index (κ1) is 24.9. The molecule has 7 nitrogen and oxygen atoms in total. The molecule has 1 amide bonds. The number of carbonyl (C=O) groups excluding carboxylic acids is 2. The van der Waals surface area contributed by atoms with Crippen LogP contribution in [0.4, 0.5) is 5.69 Å². The van der Waals surface area contributed by atoms with Gasteiger partial charge >= 0.3 is 0 Å². The van der Waals surface area contributed by atoms with Crippen molar-refractivity contribution < 1.29 is 29.3 Å². The number of Topliss-reactive ketones (excluding diaryl/α,β-unsaturated/α-hetero) is 1. The van der Waals surface area contributed by atoms with Crippen LogP contribution < -0.4 is 14.4 Å². The van der Waals surface area contributed by atoms with Crippen molar-refractivity contribution in [3.8, 4) is 17.2 Å². The smallest absolute Gasteiger partial charge is 0.300 e. The van der Waals surface area contributed by atoms with Gasteiger partial charge in [0.25, 0.3) is 11.7 Å². The van der Waals surface area contributed by atoms with Crippen molar-refractivity contribution in [1.82, 2.24) is 0 Å². The van der Waals surface area contributed by atoms with Gasteiger partial charge in [-0.2, -0.15) is 0 Å². The molecule has 1 aliphatic rings. The minimum absolute atomic E-state index is 0.0674. The summed E-state index contributed by atoms with van der Waals surface area (Å²) >= 11 is 0. The lowest BCUT2D eigenvalue weighted by Crippen LogP contribution is -2.29. The molecule has 3 aromatic carbocycles. The van der Waals surface area contributed by atoms with Crippen LogP contribution in [0.15, 0.2) is 60.2 Å². The normalized spacial score (nSPS) is 16.9. The number of aliphatic hydroxyl groups is 1. The Morgan fingerprint density at radius 1 is 0.944 bits per heavy atom. The number of carbonyl (C=O) groups is 2. The number of hydrogen-bond donors (Lipinski definition) is 2. The van der Waals surface area contributed by atoms with Crippen molar-refractivity contribution in [3.05, 3.63) is 88.0 Å². The summed E-state index contributed by atoms with van der Waals surface area (Å²) in [6.45, 7) is 7.75. The van der Waals surface area contributed by atoms with Crippen LogP contribution in [-0.2, 0) is 9.59 Å². The molecule has 2 N–H and O–H groups in total. The summed E-state index contributed by atoms with van der Waals surface area (Å²) in [4.78, 5) is 28.2. The molecule has 0 aromatic heterocycles. The van der Waals surface area contributed by atoms with Gasteiger partial charge in [0.1, 0.15) is 11.5 Å². The van der Waals surface area contributed by atoms with Crippen LogP contribution in [0.3, 0.4) is 0 Å². The zero-order valence-electron chi connectivity index (χ0n) is 21.0. The molecular formula is C29H29NO6. The predicted octanol–water partition coefficient (Wildman–Crippen LogP) is 5.35. The molecule has 0 spiro atoms. The van der Waals surface area contributed by atoms with Crippen LogP contribution in [0.1, 0.15) is 40.8 Å². The maximum atomic E-state index is 13.5. The highest BCUT2D eigenvalue weighted by Crippen LogP contribution is 2.46. The lowest BCUT2D eigenvalue weighted by molar-refractivity contribution is -0.132. The minimum Gasteiger partial charge on any atom is -0.507 e. The average molecular weight is 488 g/mol. The van der Waals surface area contributed by atoms with Crippen molar-refractivity contribution in [1.29, 1.82) is 0 Å². The highest BCUT2D eigenvalue weighted by molar-refractivity contribution is 6.52. The quantitative estimate of drug-likeness (QED) is 0.276. The summed E-state index contributed by atoms with van der Waals surface area (Å²) in [7, 11) is 1.52. The molecule has 186 valence electrons. The van der Waals surface area contributed by atoms with Gasteiger partial charge in [-0.25, -0.2) is 0 Å². The number of ether oxygens (including phenoxy) is 2. The van der Waals surface area contributed by atoms with Gasteiger partial charge in [-0.1, -0.05) is 29.8 Å². The molecule has 1 fully saturated rings. The SMILES string of the molecule is CCOc1cc(C2/C(=C(\O)c3cc(C)ccc3C)C(=O)C(=O)N2c2cc(C)ccc2O)ccc1OC. The van der Waals surface area contributed by atoms with Crippen LogP contribution >= 0.6 is 0 Å². The van der Waals surface area contributed by atoms with Crippen LogP contribution in [0.5, 0.6) is 17.2 Å². The Morgan fingerprint density at radius 2 is 1.64 bits per heavy atom. The molecule has 1 saturated heterocycles. The van der Waals surface area contributed by atoms with Crippen molar-refractivity contribution in [2.45, 2.75) is 33.7 Å². The highest BCUT2D eigenvalue weighted by Gasteiger charge is 2.48. The highest BCUT2D eigenvalue weighted by atomic mass is 16.5. The number of phenols is 1. The van der Waals surface area contributed by atoms with Crippen LogP contribution in [0, 0.1) is 20.8 Å². The van der Waals surface area contributed by atoms with Crippen molar-refractivity contribution in [3.63, 3.8) is 0 Å². The number of benzene rings is 3. The average Bonchev–Trinajstić information content (AvgIpc) is 3.12. The van der Waals surface area contributed by atoms with Crippen molar-refractivity contribution in [2.24, 2.45) is 0 Å². The first-order valence-electron chi connectivity index (χ1n) is 11.7. The van der Waals surface area contributed by atoms with E-state index in [2.05, 4.69) is 0 Å². The molecule has 7 heteroatoms. The van der Waals surface area contributed by atoms with E-state index in [9.17, 15) is 19.8 Å². The second-order valence-electron chi connectivity index (χ2n) is 8.82. The van der Waals surface area contributed by atoms with E-state index < -0.39 is 17.7 Å². The second-order valence-corrected chi connectivity index (χ2v) is 8.82. The fourth-order valence-electron chi connectivity index (χ4n) is 4.49. The number of hydrogen-bond acceptors (Lipinski definition) is 6. The molecule has 1 aliphatic heterocycles. The predicted molar refractivity (Wildman–Crippen MR) is 138 cm³/mol. The molecule has 1 atom stereocenters. The first-order chi connectivity index (χ1) is 17.2. The number of nitrogens with zero attached hydrogens (tertiary/aromatic N) is 1. The monoisotopic (exact) mass is 487 g/mol. The van der Waals surface area contributed by atoms with Gasteiger partial charge in [0.2, 0.25) is 0 Å². The lowest BCUT2D eigenvalue weighted by atomic mass is 9.93. The van der Waals surface area contributed by atoms with Gasteiger partial charge in [-0.3, -0.25) is 14.5 Å². The standard InChI is InChI=1S/C29H29NO6/c1-6-36-24-15-19(10-12-23(24)35-5)26-25(27(32)20-13-16(2)7-9-18(20)4)28(33)29(34)30(26)21-14-17(3)8-11-22(21)31/h7-15,26,31-32H,6H2,1-5H3/b27-25+. The molecule has 1 heterocycles. The van der Waals surface area contributed by atoms with E-state index in [1.807, 2.05) is 39.8 Å². The van der Waals surface area contributed by atoms with Crippen LogP contribution in [0.25, 0.3) is 5.76 Å². The summed E-state index contributed by atoms with van der Waals surface area (Å²) in [5, 5.41) is 22.1. The van der Waals surface area contributed by atoms with Gasteiger partial charge in [-0.05, 0) is 74.7 Å². The minimum atomic E-state index is -1.01. The molecule has 1 unspecified atom stereocenters. The van der Waals surface area contributed by atoms with Gasteiger partial charge in [-0.15, -0.1) is 0 Å². The van der Waals surface area contributed by atoms with E-state index in [1.165, 1.54) is 18.1 Å². The number of amides is 1. The van der Waals surface area contributed by atoms with Crippen molar-refractivity contribution in [2.75, 3.05) is 18.6 Å². The third kappa shape index (κ3) is 4.28. The Balaban J connectivity index is 2.03. The molecule has 36 heavy (non-hydrogen) atoms. The molecular weight excluding hydrogens is 458 g/mol. The van der Waals surface area contributed by atoms with Gasteiger partial charge in [0, 0.05) is 5.56 Å². The van der Waals surface area contributed by atoms with E-state index in [0.29, 0.717) is 29.2 Å². The van der Waals surface area contributed by atoms with E-state index >= 15 is 0 Å². The Kier molecular flexibility index (Phi) is 6.75. The number of anilines is 1. The number of methoxy groups -OCH3 is 1. The van der Waals surface area contributed by atoms with Gasteiger partial charge < -0.3 is 19.7 Å². The zero-order valence-corrected chi connectivity index (χ0v) is 21.0. The van der Waals surface area contributed by atoms with E-state index in [4.69, 9.17) is 9.47 Å². The van der Waals surface area contributed by atoms with Crippen LogP contribution in [0.2, 0.25) is 0 Å². The third-order valence-electron chi connectivity index (χ3n) is 6.29. The van der Waals surface area contributed by atoms with E-state index in [0.717, 1.165) is 16.7 Å². The fraction of sp³-hybridized carbons (Fsp3) is 0.241. The lowest BCUT2D eigenvalue weighted by Gasteiger charge is -2.27. The number of rotatable bonds is 6. The molecule has 0 aliphatic carbocycles. The number of aryl methyl sites for hydroxylation is 3. The van der Waals surface area contributed by atoms with Gasteiger partial charge in [0.05, 0.1) is 31.0 Å². The van der Waals surface area contributed by atoms with E-state index in [-0.39, 0.29) is 22.8 Å². The first-order valence-corrected chi connectivity index (χ1v) is 11.7. The molecule has 4 rings (SSSR count). The summed E-state index contributed by atoms with van der Waals surface area (Å²) in [5.41, 5.74) is 3.54. The van der Waals surface area contributed by atoms with Crippen molar-refractivity contribution >= 4 is 23.1 Å². The molecule has 0 radical (unpaired) electrons. The van der Waals surface area contributed by atoms with Gasteiger partial charge in [0.15, 0.2) is 11.5 Å². The maximum absolute atomic E-state index is 13.5. The summed E-state index contributed by atoms with van der Waals surface area (Å²) in [6.07, 6.45) is 0. The number of aliphatic hydroxyl groups excluding tert-OH is 1. The Morgan fingerprint density at radius 3 is 2.33 bits per heavy atom. The Bertz CT molecular complexity index is 1390. The Labute approximate surface area is 210 Å². The molecule has 3 aromatic rings. The summed E-state index contributed by atoms with van der Waals surface area (Å²) < 4.78 is 11.1. The second kappa shape index (κ2) is 9.77. The number of phenolic OH excluding ortho intramolecular Hbond substituents is 1. The van der Waals surface area contributed by atoms with Crippen LogP contribution in [-0.4, -0.2) is 35.6 Å². The molecule has 0 saturated carbocycles. The number of aromatic hydroxyl groups is 1. The largest absolute Gasteiger partial charge is 0.507 e. The third-order valence-corrected chi connectivity index (χ3v) is 6.29. The molecule has 0 bridgehead atoms. The fourth-order valence-corrected chi connectivity index (χ4v) is 4.49. The Hall–Kier alpha value is -4.26. The summed E-state index contributed by atoms with van der Waals surface area (Å²) in [5.74, 6) is -1.19.